The normalized spacial score (nSPS) is 12.5. The van der Waals surface area contributed by atoms with Gasteiger partial charge in [-0.05, 0) is 29.3 Å². The maximum Gasteiger partial charge on any atom is 0.263 e. The van der Waals surface area contributed by atoms with Gasteiger partial charge < -0.3 is 9.84 Å². The van der Waals surface area contributed by atoms with Crippen molar-refractivity contribution >= 4 is 0 Å². The minimum Gasteiger partial charge on any atom is -0.494 e. The molecule has 112 valence electrons. The number of methoxy groups -OCH3 is 1. The number of halogens is 3. The summed E-state index contributed by atoms with van der Waals surface area (Å²) in [4.78, 5) is 0. The highest BCUT2D eigenvalue weighted by Gasteiger charge is 2.14. The summed E-state index contributed by atoms with van der Waals surface area (Å²) in [7, 11) is 1.36. The summed E-state index contributed by atoms with van der Waals surface area (Å²) in [6, 6.07) is 9.95. The van der Waals surface area contributed by atoms with Gasteiger partial charge in [0.15, 0.2) is 11.6 Å². The van der Waals surface area contributed by atoms with Crippen LogP contribution in [-0.4, -0.2) is 12.2 Å². The van der Waals surface area contributed by atoms with Crippen LogP contribution in [0.1, 0.15) is 29.2 Å². The Balaban J connectivity index is 2.15. The van der Waals surface area contributed by atoms with Crippen molar-refractivity contribution in [3.63, 3.8) is 0 Å². The van der Waals surface area contributed by atoms with Crippen molar-refractivity contribution in [2.45, 2.75) is 19.0 Å². The SMILES string of the molecule is COc1ccc(CC(O)c2cccc(C(F)F)c2)cc1F. The third kappa shape index (κ3) is 3.76. The fourth-order valence-corrected chi connectivity index (χ4v) is 2.08. The van der Waals surface area contributed by atoms with Gasteiger partial charge in [0.1, 0.15) is 0 Å². The molecule has 0 aliphatic carbocycles. The Hall–Kier alpha value is -2.01. The smallest absolute Gasteiger partial charge is 0.263 e. The highest BCUT2D eigenvalue weighted by atomic mass is 19.3. The Morgan fingerprint density at radius 3 is 2.43 bits per heavy atom. The van der Waals surface area contributed by atoms with E-state index in [0.29, 0.717) is 11.1 Å². The zero-order valence-electron chi connectivity index (χ0n) is 11.4. The van der Waals surface area contributed by atoms with Crippen molar-refractivity contribution in [2.24, 2.45) is 0 Å². The zero-order valence-corrected chi connectivity index (χ0v) is 11.4. The molecule has 0 heterocycles. The number of benzene rings is 2. The minimum absolute atomic E-state index is 0.118. The molecule has 21 heavy (non-hydrogen) atoms. The van der Waals surface area contributed by atoms with E-state index in [4.69, 9.17) is 4.74 Å². The number of hydrogen-bond donors (Lipinski definition) is 1. The molecular weight excluding hydrogens is 281 g/mol. The third-order valence-electron chi connectivity index (χ3n) is 3.19. The van der Waals surface area contributed by atoms with Gasteiger partial charge in [-0.2, -0.15) is 0 Å². The molecule has 1 N–H and O–H groups in total. The molecule has 0 amide bonds. The van der Waals surface area contributed by atoms with E-state index in [9.17, 15) is 18.3 Å². The van der Waals surface area contributed by atoms with Gasteiger partial charge in [-0.1, -0.05) is 24.3 Å². The molecule has 2 aromatic carbocycles. The molecule has 2 aromatic rings. The summed E-state index contributed by atoms with van der Waals surface area (Å²) in [6.07, 6.45) is -3.43. The second-order valence-corrected chi connectivity index (χ2v) is 4.66. The lowest BCUT2D eigenvalue weighted by atomic mass is 9.99. The largest absolute Gasteiger partial charge is 0.494 e. The molecular formula is C16H15F3O2. The van der Waals surface area contributed by atoms with Crippen molar-refractivity contribution in [3.8, 4) is 5.75 Å². The number of hydrogen-bond acceptors (Lipinski definition) is 2. The summed E-state index contributed by atoms with van der Waals surface area (Å²) in [5.41, 5.74) is 0.791. The lowest BCUT2D eigenvalue weighted by Gasteiger charge is -2.13. The monoisotopic (exact) mass is 296 g/mol. The molecule has 0 saturated carbocycles. The molecule has 0 spiro atoms. The number of ether oxygens (including phenoxy) is 1. The number of alkyl halides is 2. The van der Waals surface area contributed by atoms with Crippen LogP contribution in [0.5, 0.6) is 5.75 Å². The standard InChI is InChI=1S/C16H15F3O2/c1-21-15-6-5-10(7-13(15)17)8-14(20)11-3-2-4-12(9-11)16(18)19/h2-7,9,14,16,20H,8H2,1H3. The Morgan fingerprint density at radius 2 is 1.81 bits per heavy atom. The third-order valence-corrected chi connectivity index (χ3v) is 3.19. The molecule has 0 aromatic heterocycles. The van der Waals surface area contributed by atoms with Gasteiger partial charge in [0.25, 0.3) is 6.43 Å². The van der Waals surface area contributed by atoms with Crippen LogP contribution in [0.2, 0.25) is 0 Å². The molecule has 0 aliphatic heterocycles. The van der Waals surface area contributed by atoms with E-state index in [0.717, 1.165) is 0 Å². The van der Waals surface area contributed by atoms with Crippen LogP contribution in [0.15, 0.2) is 42.5 Å². The average molecular weight is 296 g/mol. The van der Waals surface area contributed by atoms with Crippen LogP contribution in [0, 0.1) is 5.82 Å². The zero-order chi connectivity index (χ0) is 15.4. The highest BCUT2D eigenvalue weighted by Crippen LogP contribution is 2.26. The van der Waals surface area contributed by atoms with Gasteiger partial charge in [-0.3, -0.25) is 0 Å². The van der Waals surface area contributed by atoms with Crippen LogP contribution < -0.4 is 4.74 Å². The number of aliphatic hydroxyl groups is 1. The second-order valence-electron chi connectivity index (χ2n) is 4.66. The van der Waals surface area contributed by atoms with Crippen molar-refractivity contribution in [3.05, 3.63) is 65.0 Å². The summed E-state index contributed by atoms with van der Waals surface area (Å²) in [5.74, 6) is -0.406. The number of aliphatic hydroxyl groups excluding tert-OH is 1. The first-order valence-electron chi connectivity index (χ1n) is 6.39. The van der Waals surface area contributed by atoms with Crippen LogP contribution in [0.25, 0.3) is 0 Å². The molecule has 0 radical (unpaired) electrons. The van der Waals surface area contributed by atoms with Crippen molar-refractivity contribution in [2.75, 3.05) is 7.11 Å². The summed E-state index contributed by atoms with van der Waals surface area (Å²) in [6.45, 7) is 0. The Labute approximate surface area is 120 Å². The Morgan fingerprint density at radius 1 is 1.10 bits per heavy atom. The molecule has 0 bridgehead atoms. The maximum absolute atomic E-state index is 13.6. The van der Waals surface area contributed by atoms with Gasteiger partial charge in [0, 0.05) is 12.0 Å². The average Bonchev–Trinajstić information content (AvgIpc) is 2.47. The Bertz CT molecular complexity index is 614. The molecule has 1 atom stereocenters. The second kappa shape index (κ2) is 6.63. The molecule has 5 heteroatoms. The van der Waals surface area contributed by atoms with Crippen LogP contribution in [0.4, 0.5) is 13.2 Å². The highest BCUT2D eigenvalue weighted by molar-refractivity contribution is 5.31. The van der Waals surface area contributed by atoms with Gasteiger partial charge in [0.05, 0.1) is 13.2 Å². The predicted octanol–water partition coefficient (Wildman–Crippen LogP) is 4.05. The first-order valence-corrected chi connectivity index (χ1v) is 6.39. The first-order chi connectivity index (χ1) is 10.0. The summed E-state index contributed by atoms with van der Waals surface area (Å²) >= 11 is 0. The summed E-state index contributed by atoms with van der Waals surface area (Å²) < 4.78 is 43.6. The minimum atomic E-state index is -2.59. The lowest BCUT2D eigenvalue weighted by molar-refractivity contribution is 0.149. The van der Waals surface area contributed by atoms with E-state index in [1.165, 1.54) is 37.4 Å². The van der Waals surface area contributed by atoms with Crippen molar-refractivity contribution in [1.29, 1.82) is 0 Å². The van der Waals surface area contributed by atoms with Gasteiger partial charge in [-0.15, -0.1) is 0 Å². The van der Waals surface area contributed by atoms with E-state index in [2.05, 4.69) is 0 Å². The number of rotatable bonds is 5. The first kappa shape index (κ1) is 15.4. The van der Waals surface area contributed by atoms with Gasteiger partial charge in [-0.25, -0.2) is 13.2 Å². The van der Waals surface area contributed by atoms with Crippen LogP contribution in [0.3, 0.4) is 0 Å². The van der Waals surface area contributed by atoms with E-state index in [-0.39, 0.29) is 17.7 Å². The van der Waals surface area contributed by atoms with E-state index in [1.807, 2.05) is 0 Å². The van der Waals surface area contributed by atoms with Crippen molar-refractivity contribution in [1.82, 2.24) is 0 Å². The van der Waals surface area contributed by atoms with Crippen molar-refractivity contribution < 1.29 is 23.0 Å². The molecule has 1 unspecified atom stereocenters. The fraction of sp³-hybridized carbons (Fsp3) is 0.250. The molecule has 0 saturated heterocycles. The van der Waals surface area contributed by atoms with Gasteiger partial charge >= 0.3 is 0 Å². The molecule has 0 fully saturated rings. The Kier molecular flexibility index (Phi) is 4.85. The topological polar surface area (TPSA) is 29.5 Å². The lowest BCUT2D eigenvalue weighted by Crippen LogP contribution is -2.03. The molecule has 2 nitrogen and oxygen atoms in total. The van der Waals surface area contributed by atoms with E-state index < -0.39 is 18.3 Å². The predicted molar refractivity (Wildman–Crippen MR) is 73.0 cm³/mol. The van der Waals surface area contributed by atoms with Gasteiger partial charge in [0.2, 0.25) is 0 Å². The van der Waals surface area contributed by atoms with Crippen LogP contribution in [-0.2, 0) is 6.42 Å². The maximum atomic E-state index is 13.6. The van der Waals surface area contributed by atoms with E-state index in [1.54, 1.807) is 12.1 Å². The van der Waals surface area contributed by atoms with Crippen LogP contribution >= 0.6 is 0 Å². The summed E-state index contributed by atoms with van der Waals surface area (Å²) in [5, 5.41) is 10.1. The molecule has 2 rings (SSSR count). The molecule has 0 aliphatic rings. The quantitative estimate of drug-likeness (QED) is 0.902. The van der Waals surface area contributed by atoms with E-state index >= 15 is 0 Å². The fourth-order valence-electron chi connectivity index (χ4n) is 2.08.